The maximum absolute atomic E-state index is 12.0. The van der Waals surface area contributed by atoms with E-state index in [9.17, 15) is 8.42 Å². The standard InChI is InChI=1S/C11H16BrNO2S/c1-8-5-6-9(12)10(7-8)13-16(14,15)11(2,3)4/h5-7,13H,1-4H3. The summed E-state index contributed by atoms with van der Waals surface area (Å²) in [6.45, 7) is 6.92. The molecule has 0 radical (unpaired) electrons. The van der Waals surface area contributed by atoms with Crippen molar-refractivity contribution in [2.24, 2.45) is 0 Å². The van der Waals surface area contributed by atoms with Crippen LogP contribution < -0.4 is 4.72 Å². The maximum Gasteiger partial charge on any atom is 0.237 e. The summed E-state index contributed by atoms with van der Waals surface area (Å²) < 4.78 is 26.4. The lowest BCUT2D eigenvalue weighted by Crippen LogP contribution is -2.33. The lowest BCUT2D eigenvalue weighted by atomic mass is 10.2. The molecule has 0 amide bonds. The van der Waals surface area contributed by atoms with E-state index in [1.54, 1.807) is 26.8 Å². The van der Waals surface area contributed by atoms with E-state index in [1.807, 2.05) is 19.1 Å². The van der Waals surface area contributed by atoms with E-state index in [2.05, 4.69) is 20.7 Å². The molecule has 0 spiro atoms. The van der Waals surface area contributed by atoms with Gasteiger partial charge in [-0.3, -0.25) is 4.72 Å². The summed E-state index contributed by atoms with van der Waals surface area (Å²) in [4.78, 5) is 0. The Kier molecular flexibility index (Phi) is 3.69. The van der Waals surface area contributed by atoms with Gasteiger partial charge >= 0.3 is 0 Å². The van der Waals surface area contributed by atoms with E-state index in [-0.39, 0.29) is 0 Å². The van der Waals surface area contributed by atoms with E-state index in [1.165, 1.54) is 0 Å². The zero-order chi connectivity index (χ0) is 12.6. The van der Waals surface area contributed by atoms with E-state index in [0.29, 0.717) is 5.69 Å². The fourth-order valence-corrected chi connectivity index (χ4v) is 2.26. The lowest BCUT2D eigenvalue weighted by molar-refractivity contribution is 0.566. The van der Waals surface area contributed by atoms with Gasteiger partial charge in [-0.1, -0.05) is 6.07 Å². The second-order valence-corrected chi connectivity index (χ2v) is 7.99. The monoisotopic (exact) mass is 305 g/mol. The first-order valence-corrected chi connectivity index (χ1v) is 7.19. The molecule has 5 heteroatoms. The highest BCUT2D eigenvalue weighted by atomic mass is 79.9. The van der Waals surface area contributed by atoms with Gasteiger partial charge in [0.1, 0.15) is 0 Å². The lowest BCUT2D eigenvalue weighted by Gasteiger charge is -2.21. The molecule has 16 heavy (non-hydrogen) atoms. The number of hydrogen-bond acceptors (Lipinski definition) is 2. The molecule has 0 saturated heterocycles. The Hall–Kier alpha value is -0.550. The van der Waals surface area contributed by atoms with Crippen LogP contribution in [0.5, 0.6) is 0 Å². The normalized spacial score (nSPS) is 12.6. The van der Waals surface area contributed by atoms with E-state index in [4.69, 9.17) is 0 Å². The van der Waals surface area contributed by atoms with Crippen LogP contribution in [0.3, 0.4) is 0 Å². The van der Waals surface area contributed by atoms with Gasteiger partial charge in [-0.05, 0) is 61.3 Å². The molecule has 1 N–H and O–H groups in total. The van der Waals surface area contributed by atoms with Gasteiger partial charge in [0.15, 0.2) is 0 Å². The number of sulfonamides is 1. The highest BCUT2D eigenvalue weighted by Crippen LogP contribution is 2.27. The second-order valence-electron chi connectivity index (χ2n) is 4.70. The smallest absolute Gasteiger partial charge is 0.237 e. The number of anilines is 1. The zero-order valence-electron chi connectivity index (χ0n) is 9.83. The van der Waals surface area contributed by atoms with Crippen molar-refractivity contribution in [1.82, 2.24) is 0 Å². The van der Waals surface area contributed by atoms with Gasteiger partial charge in [-0.25, -0.2) is 8.42 Å². The molecule has 1 aromatic rings. The minimum Gasteiger partial charge on any atom is -0.282 e. The Morgan fingerprint density at radius 1 is 1.25 bits per heavy atom. The predicted molar refractivity (Wildman–Crippen MR) is 71.2 cm³/mol. The Morgan fingerprint density at radius 3 is 2.31 bits per heavy atom. The number of nitrogens with one attached hydrogen (secondary N) is 1. The molecule has 1 aromatic carbocycles. The Labute approximate surface area is 105 Å². The van der Waals surface area contributed by atoms with Gasteiger partial charge in [-0.2, -0.15) is 0 Å². The molecule has 0 atom stereocenters. The molecule has 0 aliphatic rings. The molecule has 0 fully saturated rings. The van der Waals surface area contributed by atoms with Crippen LogP contribution in [0.15, 0.2) is 22.7 Å². The molecule has 0 heterocycles. The number of benzene rings is 1. The summed E-state index contributed by atoms with van der Waals surface area (Å²) in [5, 5.41) is 0. The quantitative estimate of drug-likeness (QED) is 0.911. The molecule has 3 nitrogen and oxygen atoms in total. The van der Waals surface area contributed by atoms with Crippen molar-refractivity contribution in [1.29, 1.82) is 0 Å². The number of aryl methyl sites for hydroxylation is 1. The number of rotatable bonds is 2. The topological polar surface area (TPSA) is 46.2 Å². The van der Waals surface area contributed by atoms with Crippen LogP contribution in [-0.2, 0) is 10.0 Å². The SMILES string of the molecule is Cc1ccc(Br)c(NS(=O)(=O)C(C)(C)C)c1. The molecule has 0 aliphatic heterocycles. The Bertz CT molecular complexity index is 489. The van der Waals surface area contributed by atoms with Crippen LogP contribution in [0.25, 0.3) is 0 Å². The largest absolute Gasteiger partial charge is 0.282 e. The zero-order valence-corrected chi connectivity index (χ0v) is 12.2. The predicted octanol–water partition coefficient (Wildman–Crippen LogP) is 3.30. The van der Waals surface area contributed by atoms with Crippen LogP contribution in [-0.4, -0.2) is 13.2 Å². The second kappa shape index (κ2) is 4.37. The summed E-state index contributed by atoms with van der Waals surface area (Å²) >= 11 is 3.32. The third kappa shape index (κ3) is 2.98. The average molecular weight is 306 g/mol. The maximum atomic E-state index is 12.0. The van der Waals surface area contributed by atoms with Gasteiger partial charge in [0.25, 0.3) is 0 Å². The fraction of sp³-hybridized carbons (Fsp3) is 0.455. The van der Waals surface area contributed by atoms with E-state index < -0.39 is 14.8 Å². The van der Waals surface area contributed by atoms with E-state index in [0.717, 1.165) is 10.0 Å². The third-order valence-electron chi connectivity index (χ3n) is 2.17. The highest BCUT2D eigenvalue weighted by molar-refractivity contribution is 9.10. The Balaban J connectivity index is 3.11. The van der Waals surface area contributed by atoms with Crippen molar-refractivity contribution in [3.63, 3.8) is 0 Å². The molecule has 1 rings (SSSR count). The van der Waals surface area contributed by atoms with Gasteiger partial charge < -0.3 is 0 Å². The first-order chi connectivity index (χ1) is 7.13. The molecule has 0 aliphatic carbocycles. The van der Waals surface area contributed by atoms with Crippen molar-refractivity contribution in [2.45, 2.75) is 32.4 Å². The van der Waals surface area contributed by atoms with Gasteiger partial charge in [0.05, 0.1) is 10.4 Å². The fourth-order valence-electron chi connectivity index (χ4n) is 1.02. The third-order valence-corrected chi connectivity index (χ3v) is 4.96. The molecule has 90 valence electrons. The molecule has 0 bridgehead atoms. The summed E-state index contributed by atoms with van der Waals surface area (Å²) in [5.74, 6) is 0. The summed E-state index contributed by atoms with van der Waals surface area (Å²) in [6, 6.07) is 5.54. The van der Waals surface area contributed by atoms with Crippen molar-refractivity contribution in [2.75, 3.05) is 4.72 Å². The van der Waals surface area contributed by atoms with Crippen LogP contribution in [0, 0.1) is 6.92 Å². The number of halogens is 1. The van der Waals surface area contributed by atoms with Gasteiger partial charge in [0, 0.05) is 4.47 Å². The van der Waals surface area contributed by atoms with Crippen molar-refractivity contribution in [3.8, 4) is 0 Å². The van der Waals surface area contributed by atoms with Crippen molar-refractivity contribution >= 4 is 31.6 Å². The number of hydrogen-bond donors (Lipinski definition) is 1. The van der Waals surface area contributed by atoms with Crippen molar-refractivity contribution < 1.29 is 8.42 Å². The minimum atomic E-state index is -3.37. The highest BCUT2D eigenvalue weighted by Gasteiger charge is 2.29. The summed E-state index contributed by atoms with van der Waals surface area (Å²) in [6.07, 6.45) is 0. The Morgan fingerprint density at radius 2 is 1.81 bits per heavy atom. The first kappa shape index (κ1) is 13.5. The van der Waals surface area contributed by atoms with Gasteiger partial charge in [0.2, 0.25) is 10.0 Å². The molecular weight excluding hydrogens is 290 g/mol. The molecule has 0 aromatic heterocycles. The minimum absolute atomic E-state index is 0.579. The van der Waals surface area contributed by atoms with Gasteiger partial charge in [-0.15, -0.1) is 0 Å². The van der Waals surface area contributed by atoms with Crippen LogP contribution in [0.4, 0.5) is 5.69 Å². The van der Waals surface area contributed by atoms with Crippen molar-refractivity contribution in [3.05, 3.63) is 28.2 Å². The first-order valence-electron chi connectivity index (χ1n) is 4.92. The summed E-state index contributed by atoms with van der Waals surface area (Å²) in [7, 11) is -3.37. The van der Waals surface area contributed by atoms with E-state index >= 15 is 0 Å². The molecule has 0 saturated carbocycles. The average Bonchev–Trinajstić information content (AvgIpc) is 2.09. The van der Waals surface area contributed by atoms with Crippen LogP contribution in [0.2, 0.25) is 0 Å². The molecule has 0 unspecified atom stereocenters. The molecular formula is C11H16BrNO2S. The summed E-state index contributed by atoms with van der Waals surface area (Å²) in [5.41, 5.74) is 1.59. The van der Waals surface area contributed by atoms with Crippen LogP contribution >= 0.6 is 15.9 Å². The van der Waals surface area contributed by atoms with Crippen LogP contribution in [0.1, 0.15) is 26.3 Å².